The lowest BCUT2D eigenvalue weighted by molar-refractivity contribution is -0.138. The monoisotopic (exact) mass is 415 g/mol. The summed E-state index contributed by atoms with van der Waals surface area (Å²) in [5, 5.41) is 15.0. The summed E-state index contributed by atoms with van der Waals surface area (Å²) in [5.74, 6) is 0.580. The van der Waals surface area contributed by atoms with E-state index in [1.165, 1.54) is 0 Å². The van der Waals surface area contributed by atoms with Crippen LogP contribution in [0.25, 0.3) is 10.8 Å². The van der Waals surface area contributed by atoms with Crippen LogP contribution in [0.3, 0.4) is 0 Å². The van der Waals surface area contributed by atoms with Crippen molar-refractivity contribution < 1.29 is 9.53 Å². The van der Waals surface area contributed by atoms with Crippen LogP contribution in [-0.2, 0) is 4.79 Å². The van der Waals surface area contributed by atoms with E-state index >= 15 is 0 Å². The molecule has 1 atom stereocenters. The van der Waals surface area contributed by atoms with Crippen molar-refractivity contribution >= 4 is 22.4 Å². The number of nitrogens with zero attached hydrogens (tertiary/aromatic N) is 3. The van der Waals surface area contributed by atoms with Gasteiger partial charge in [0.15, 0.2) is 6.10 Å². The molecule has 1 amide bonds. The fourth-order valence-corrected chi connectivity index (χ4v) is 3.64. The molecule has 31 heavy (non-hydrogen) atoms. The van der Waals surface area contributed by atoms with Crippen molar-refractivity contribution in [2.24, 2.45) is 0 Å². The number of anilines is 1. The molecular weight excluding hydrogens is 386 g/mol. The maximum atomic E-state index is 13.4. The Morgan fingerprint density at radius 1 is 1.00 bits per heavy atom. The van der Waals surface area contributed by atoms with Crippen molar-refractivity contribution in [3.8, 4) is 11.8 Å². The Morgan fingerprint density at radius 3 is 2.32 bits per heavy atom. The van der Waals surface area contributed by atoms with Gasteiger partial charge < -0.3 is 4.74 Å². The Morgan fingerprint density at radius 2 is 1.68 bits per heavy atom. The summed E-state index contributed by atoms with van der Waals surface area (Å²) in [7, 11) is 1.79. The molecule has 0 radical (unpaired) electrons. The molecule has 0 aliphatic heterocycles. The van der Waals surface area contributed by atoms with Crippen molar-refractivity contribution in [1.82, 2.24) is 5.01 Å². The number of nitriles is 1. The normalized spacial score (nSPS) is 11.5. The molecule has 0 aliphatic carbocycles. The van der Waals surface area contributed by atoms with E-state index in [2.05, 4.69) is 13.0 Å². The number of fused-ring (bicyclic) bond motifs is 1. The Kier molecular flexibility index (Phi) is 7.50. The number of carbonyl (C=O) groups is 1. The SMILES string of the molecule is CCCCN(c1ccc(C#N)c2ccccc12)N(C)C(=O)C(CC)Oc1ccccc1. The van der Waals surface area contributed by atoms with Crippen LogP contribution in [0, 0.1) is 11.3 Å². The van der Waals surface area contributed by atoms with Gasteiger partial charge in [-0.3, -0.25) is 14.8 Å². The largest absolute Gasteiger partial charge is 0.481 e. The van der Waals surface area contributed by atoms with E-state index in [0.29, 0.717) is 24.3 Å². The molecule has 3 rings (SSSR count). The highest BCUT2D eigenvalue weighted by molar-refractivity contribution is 5.98. The van der Waals surface area contributed by atoms with Gasteiger partial charge in [-0.05, 0) is 37.1 Å². The van der Waals surface area contributed by atoms with E-state index < -0.39 is 6.10 Å². The predicted molar refractivity (Wildman–Crippen MR) is 125 cm³/mol. The number of rotatable bonds is 9. The van der Waals surface area contributed by atoms with E-state index in [-0.39, 0.29) is 5.91 Å². The second-order valence-electron chi connectivity index (χ2n) is 7.46. The quantitative estimate of drug-likeness (QED) is 0.430. The van der Waals surface area contributed by atoms with Crippen LogP contribution in [0.15, 0.2) is 66.7 Å². The molecule has 0 aromatic heterocycles. The number of amides is 1. The second kappa shape index (κ2) is 10.5. The van der Waals surface area contributed by atoms with Gasteiger partial charge in [0.2, 0.25) is 0 Å². The smallest absolute Gasteiger partial charge is 0.281 e. The van der Waals surface area contributed by atoms with E-state index in [9.17, 15) is 10.1 Å². The summed E-state index contributed by atoms with van der Waals surface area (Å²) in [4.78, 5) is 13.4. The van der Waals surface area contributed by atoms with Gasteiger partial charge >= 0.3 is 0 Å². The molecule has 160 valence electrons. The molecule has 0 N–H and O–H groups in total. The minimum atomic E-state index is -0.582. The first-order chi connectivity index (χ1) is 15.1. The zero-order valence-electron chi connectivity index (χ0n) is 18.4. The number of unbranched alkanes of at least 4 members (excludes halogenated alkanes) is 1. The van der Waals surface area contributed by atoms with Gasteiger partial charge in [-0.25, -0.2) is 0 Å². The highest BCUT2D eigenvalue weighted by Crippen LogP contribution is 2.31. The maximum Gasteiger partial charge on any atom is 0.281 e. The molecule has 0 saturated heterocycles. The third-order valence-corrected chi connectivity index (χ3v) is 5.37. The Labute approximate surface area is 184 Å². The fraction of sp³-hybridized carbons (Fsp3) is 0.308. The molecule has 3 aromatic carbocycles. The van der Waals surface area contributed by atoms with E-state index in [1.807, 2.05) is 78.7 Å². The van der Waals surface area contributed by atoms with Crippen LogP contribution in [0.4, 0.5) is 5.69 Å². The lowest BCUT2D eigenvalue weighted by Crippen LogP contribution is -2.50. The lowest BCUT2D eigenvalue weighted by atomic mass is 10.0. The molecule has 0 fully saturated rings. The minimum absolute atomic E-state index is 0.101. The van der Waals surface area contributed by atoms with Crippen molar-refractivity contribution in [1.29, 1.82) is 5.26 Å². The maximum absolute atomic E-state index is 13.4. The first kappa shape index (κ1) is 22.2. The molecule has 5 nitrogen and oxygen atoms in total. The van der Waals surface area contributed by atoms with Gasteiger partial charge in [-0.15, -0.1) is 0 Å². The molecule has 3 aromatic rings. The number of benzene rings is 3. The minimum Gasteiger partial charge on any atom is -0.481 e. The van der Waals surface area contributed by atoms with E-state index in [4.69, 9.17) is 4.74 Å². The van der Waals surface area contributed by atoms with Crippen molar-refractivity contribution in [2.45, 2.75) is 39.2 Å². The molecule has 0 aliphatic rings. The predicted octanol–water partition coefficient (Wildman–Crippen LogP) is 5.55. The molecule has 0 heterocycles. The van der Waals surface area contributed by atoms with Crippen LogP contribution in [0.5, 0.6) is 5.75 Å². The fourth-order valence-electron chi connectivity index (χ4n) is 3.64. The van der Waals surface area contributed by atoms with Gasteiger partial charge in [-0.2, -0.15) is 5.26 Å². The Bertz CT molecular complexity index is 1060. The van der Waals surface area contributed by atoms with Crippen LogP contribution in [-0.4, -0.2) is 30.6 Å². The third kappa shape index (κ3) is 4.97. The number of likely N-dealkylation sites (N-methyl/N-ethyl adjacent to an activating group) is 1. The molecule has 5 heteroatoms. The van der Waals surface area contributed by atoms with E-state index in [0.717, 1.165) is 29.3 Å². The summed E-state index contributed by atoms with van der Waals surface area (Å²) in [5.41, 5.74) is 1.54. The topological polar surface area (TPSA) is 56.6 Å². The second-order valence-corrected chi connectivity index (χ2v) is 7.46. The number of hydrogen-bond acceptors (Lipinski definition) is 4. The van der Waals surface area contributed by atoms with Gasteiger partial charge in [-0.1, -0.05) is 62.7 Å². The third-order valence-electron chi connectivity index (χ3n) is 5.37. The number of para-hydroxylation sites is 1. The van der Waals surface area contributed by atoms with Crippen LogP contribution < -0.4 is 9.75 Å². The van der Waals surface area contributed by atoms with Crippen LogP contribution in [0.2, 0.25) is 0 Å². The Hall–Kier alpha value is -3.52. The van der Waals surface area contributed by atoms with Gasteiger partial charge in [0.25, 0.3) is 5.91 Å². The highest BCUT2D eigenvalue weighted by atomic mass is 16.5. The number of hydrazine groups is 1. The van der Waals surface area contributed by atoms with Crippen LogP contribution >= 0.6 is 0 Å². The van der Waals surface area contributed by atoms with Crippen molar-refractivity contribution in [2.75, 3.05) is 18.6 Å². The number of carbonyl (C=O) groups excluding carboxylic acids is 1. The number of ether oxygens (including phenoxy) is 1. The van der Waals surface area contributed by atoms with Crippen LogP contribution in [0.1, 0.15) is 38.7 Å². The summed E-state index contributed by atoms with van der Waals surface area (Å²) in [6.45, 7) is 4.77. The highest BCUT2D eigenvalue weighted by Gasteiger charge is 2.27. The average Bonchev–Trinajstić information content (AvgIpc) is 2.82. The van der Waals surface area contributed by atoms with Gasteiger partial charge in [0.1, 0.15) is 5.75 Å². The molecule has 0 spiro atoms. The summed E-state index contributed by atoms with van der Waals surface area (Å²) in [6.07, 6.45) is 1.92. The number of hydrogen-bond donors (Lipinski definition) is 0. The van der Waals surface area contributed by atoms with Gasteiger partial charge in [0.05, 0.1) is 17.3 Å². The lowest BCUT2D eigenvalue weighted by Gasteiger charge is -2.36. The Balaban J connectivity index is 1.96. The zero-order valence-corrected chi connectivity index (χ0v) is 18.4. The molecule has 1 unspecified atom stereocenters. The zero-order chi connectivity index (χ0) is 22.2. The van der Waals surface area contributed by atoms with Crippen molar-refractivity contribution in [3.63, 3.8) is 0 Å². The summed E-state index contributed by atoms with van der Waals surface area (Å²) < 4.78 is 6.00. The first-order valence-corrected chi connectivity index (χ1v) is 10.8. The average molecular weight is 416 g/mol. The van der Waals surface area contributed by atoms with Gasteiger partial charge in [0, 0.05) is 24.4 Å². The first-order valence-electron chi connectivity index (χ1n) is 10.8. The molecule has 0 saturated carbocycles. The summed E-state index contributed by atoms with van der Waals surface area (Å²) in [6, 6.07) is 23.3. The standard InChI is InChI=1S/C26H29N3O2/c1-4-6-18-29(24-17-16-20(19-27)22-14-10-11-15-23(22)24)28(3)26(30)25(5-2)31-21-12-8-7-9-13-21/h7-17,25H,4-6,18H2,1-3H3. The van der Waals surface area contributed by atoms with E-state index in [1.54, 1.807) is 12.1 Å². The molecule has 0 bridgehead atoms. The summed E-state index contributed by atoms with van der Waals surface area (Å²) >= 11 is 0. The molecular formula is C26H29N3O2. The van der Waals surface area contributed by atoms with Crippen molar-refractivity contribution in [3.05, 3.63) is 72.3 Å².